The summed E-state index contributed by atoms with van der Waals surface area (Å²) in [5.74, 6) is -1.03. The number of nitrogens with two attached hydrogens (primary N) is 1. The van der Waals surface area contributed by atoms with Gasteiger partial charge in [-0.3, -0.25) is 38.0 Å². The van der Waals surface area contributed by atoms with Crippen molar-refractivity contribution >= 4 is 111 Å². The number of nitrogens with one attached hydrogen (secondary N) is 6. The molecule has 440 valence electrons. The van der Waals surface area contributed by atoms with Crippen molar-refractivity contribution < 1.29 is 77.1 Å². The van der Waals surface area contributed by atoms with E-state index in [-0.39, 0.29) is 89.7 Å². The molecule has 0 spiro atoms. The quantitative estimate of drug-likeness (QED) is 0.0169. The van der Waals surface area contributed by atoms with Gasteiger partial charge in [0.1, 0.15) is 51.6 Å². The van der Waals surface area contributed by atoms with Gasteiger partial charge in [0.05, 0.1) is 58.4 Å². The highest BCUT2D eigenvalue weighted by atomic mass is 32.2. The number of halogens is 4. The lowest BCUT2D eigenvalue weighted by Crippen LogP contribution is -2.32. The first kappa shape index (κ1) is 60.8. The van der Waals surface area contributed by atoms with Crippen LogP contribution in [0.2, 0.25) is 0 Å². The number of nitrogens with zero attached hydrogens (tertiary/aromatic N) is 2. The Labute approximate surface area is 479 Å². The summed E-state index contributed by atoms with van der Waals surface area (Å²) in [5, 5.41) is 18.0. The van der Waals surface area contributed by atoms with E-state index < -0.39 is 79.4 Å². The van der Waals surface area contributed by atoms with Crippen LogP contribution in [-0.4, -0.2) is 115 Å². The SMILES string of the molecule is CNC(=O)c1c(-c2ccc(F)cc2)oc2cc(N(C)S(C)(=O)=O)c(C(=O)NCC(=O)c3cc4c(F)cccc4[nH]3)cc12.CNC(=O)c1c(-c2ccc(F)cc2)oc2cc(N(C)S(C)(=O)=O)c(C(=O)O)cc12.NNC(=O)c1cc2c(F)cccc2[nH]1. The van der Waals surface area contributed by atoms with Crippen molar-refractivity contribution in [2.24, 2.45) is 5.84 Å². The minimum Gasteiger partial charge on any atom is -0.478 e. The van der Waals surface area contributed by atoms with E-state index in [0.29, 0.717) is 27.5 Å². The number of benzene rings is 6. The number of carbonyl (C=O) groups is 6. The number of Topliss-reactive ketones (excluding diaryl/α,β-unsaturated/α-hetero) is 1. The number of amides is 4. The molecule has 0 aliphatic carbocycles. The van der Waals surface area contributed by atoms with Crippen LogP contribution in [-0.2, 0) is 20.0 Å². The van der Waals surface area contributed by atoms with Crippen molar-refractivity contribution in [1.29, 1.82) is 0 Å². The molecule has 0 atom stereocenters. The minimum absolute atomic E-state index is 0.0397. The van der Waals surface area contributed by atoms with E-state index in [2.05, 4.69) is 25.9 Å². The smallest absolute Gasteiger partial charge is 0.337 e. The molecule has 0 aliphatic rings. The number of aromatic amines is 2. The summed E-state index contributed by atoms with van der Waals surface area (Å²) in [4.78, 5) is 80.2. The number of aromatic carboxylic acids is 1. The van der Waals surface area contributed by atoms with E-state index in [1.165, 1.54) is 131 Å². The number of fused-ring (bicyclic) bond motifs is 4. The van der Waals surface area contributed by atoms with Gasteiger partial charge in [-0.1, -0.05) is 12.1 Å². The predicted molar refractivity (Wildman–Crippen MR) is 308 cm³/mol. The lowest BCUT2D eigenvalue weighted by atomic mass is 10.0. The standard InChI is InChI=1S/C29H24F2N4O6S.C19H17FN2O6S.C9H8FN3O/c1-32-29(38)26-19-11-18(28(37)33-14-24(36)22-12-17-20(31)5-4-6-21(17)34-22)23(35(2)42(3,39)40)13-25(19)41-27(26)15-7-9-16(30)10-8-15;1-21-18(23)16-13-8-12(19(24)25)14(22(2)29(3,26)27)9-15(13)28-17(16)10-4-6-11(20)7-5-10;10-6-2-1-3-7-5(6)4-8(12-7)9(14)13-11/h4-13,34H,14H2,1-3H3,(H,32,38)(H,33,37);4-9H,1-3H3,(H,21,23)(H,24,25);1-4,12H,11H2,(H,13,14). The number of carboxylic acids is 1. The van der Waals surface area contributed by atoms with E-state index >= 15 is 0 Å². The highest BCUT2D eigenvalue weighted by Crippen LogP contribution is 2.40. The number of hydrazine groups is 1. The molecule has 85 heavy (non-hydrogen) atoms. The average Bonchev–Trinajstić information content (AvgIpc) is 2.28. The third-order valence-corrected chi connectivity index (χ3v) is 15.6. The number of sulfonamides is 2. The fraction of sp³-hybridized carbons (Fsp3) is 0.123. The summed E-state index contributed by atoms with van der Waals surface area (Å²) in [6.07, 6.45) is 1.88. The third kappa shape index (κ3) is 12.7. The molecule has 10 rings (SSSR count). The fourth-order valence-electron chi connectivity index (χ4n) is 8.74. The first-order valence-electron chi connectivity index (χ1n) is 24.8. The van der Waals surface area contributed by atoms with Crippen LogP contribution < -0.4 is 35.8 Å². The minimum atomic E-state index is -3.87. The Morgan fingerprint density at radius 2 is 0.965 bits per heavy atom. The summed E-state index contributed by atoms with van der Waals surface area (Å²) in [7, 11) is -2.37. The fourth-order valence-corrected chi connectivity index (χ4v) is 9.76. The van der Waals surface area contributed by atoms with Gasteiger partial charge in [0.25, 0.3) is 23.6 Å². The van der Waals surface area contributed by atoms with Gasteiger partial charge in [0, 0.05) is 84.0 Å². The largest absolute Gasteiger partial charge is 0.478 e. The molecule has 0 saturated carbocycles. The number of ketones is 1. The van der Waals surface area contributed by atoms with Crippen molar-refractivity contribution in [2.75, 3.05) is 55.9 Å². The number of furan rings is 2. The van der Waals surface area contributed by atoms with Crippen LogP contribution in [0.15, 0.2) is 130 Å². The molecule has 6 aromatic carbocycles. The second kappa shape index (κ2) is 24.3. The van der Waals surface area contributed by atoms with E-state index in [4.69, 9.17) is 14.7 Å². The lowest BCUT2D eigenvalue weighted by Gasteiger charge is -2.20. The predicted octanol–water partition coefficient (Wildman–Crippen LogP) is 7.83. The number of hydrogen-bond donors (Lipinski definition) is 8. The zero-order valence-corrected chi connectivity index (χ0v) is 47.0. The number of hydrogen-bond acceptors (Lipinski definition) is 13. The topological polar surface area (TPSA) is 329 Å². The van der Waals surface area contributed by atoms with Crippen LogP contribution in [0.5, 0.6) is 0 Å². The van der Waals surface area contributed by atoms with E-state index in [9.17, 15) is 68.3 Å². The number of carbonyl (C=O) groups excluding carboxylic acids is 5. The Hall–Kier alpha value is -10.3. The monoisotopic (exact) mass is 1210 g/mol. The summed E-state index contributed by atoms with van der Waals surface area (Å²) in [6.45, 7) is -0.498. The van der Waals surface area contributed by atoms with Gasteiger partial charge >= 0.3 is 5.97 Å². The van der Waals surface area contributed by atoms with Crippen LogP contribution in [0.1, 0.15) is 62.4 Å². The molecule has 0 aliphatic heterocycles. The van der Waals surface area contributed by atoms with Gasteiger partial charge in [-0.2, -0.15) is 0 Å². The summed E-state index contributed by atoms with van der Waals surface area (Å²) in [6, 6.07) is 27.2. The molecule has 28 heteroatoms. The van der Waals surface area contributed by atoms with Crippen LogP contribution in [0, 0.1) is 23.3 Å². The maximum atomic E-state index is 14.1. The zero-order valence-electron chi connectivity index (χ0n) is 45.4. The van der Waals surface area contributed by atoms with Crippen LogP contribution in [0.25, 0.3) is 66.4 Å². The van der Waals surface area contributed by atoms with Gasteiger partial charge in [-0.05, 0) is 97.1 Å². The molecular formula is C57H49F4N9O13S2. The van der Waals surface area contributed by atoms with Crippen molar-refractivity contribution in [3.05, 3.63) is 178 Å². The van der Waals surface area contributed by atoms with Gasteiger partial charge in [0.15, 0.2) is 5.78 Å². The maximum absolute atomic E-state index is 14.1. The molecule has 22 nitrogen and oxygen atoms in total. The van der Waals surface area contributed by atoms with Gasteiger partial charge < -0.3 is 39.9 Å². The van der Waals surface area contributed by atoms with Crippen LogP contribution >= 0.6 is 0 Å². The number of carboxylic acid groups (broad SMARTS) is 1. The Morgan fingerprint density at radius 3 is 1.36 bits per heavy atom. The molecule has 9 N–H and O–H groups in total. The van der Waals surface area contributed by atoms with Crippen molar-refractivity contribution in [3.8, 4) is 22.6 Å². The highest BCUT2D eigenvalue weighted by molar-refractivity contribution is 7.92. The molecule has 10 aromatic rings. The molecule has 0 saturated heterocycles. The Kier molecular flexibility index (Phi) is 17.3. The maximum Gasteiger partial charge on any atom is 0.337 e. The normalized spacial score (nSPS) is 11.3. The average molecular weight is 1210 g/mol. The van der Waals surface area contributed by atoms with Gasteiger partial charge in [-0.15, -0.1) is 0 Å². The number of nitrogen functional groups attached to an aromatic ring is 1. The number of anilines is 2. The summed E-state index contributed by atoms with van der Waals surface area (Å²) in [5.41, 5.74) is 3.66. The molecular weight excluding hydrogens is 1160 g/mol. The molecule has 4 heterocycles. The van der Waals surface area contributed by atoms with E-state index in [0.717, 1.165) is 21.1 Å². The molecule has 0 unspecified atom stereocenters. The molecule has 0 bridgehead atoms. The molecule has 0 fully saturated rings. The van der Waals surface area contributed by atoms with E-state index in [1.807, 2.05) is 5.43 Å². The molecule has 0 radical (unpaired) electrons. The molecule has 4 amide bonds. The number of aromatic nitrogens is 2. The first-order chi connectivity index (χ1) is 40.1. The Balaban J connectivity index is 0.000000188. The Bertz CT molecular complexity index is 4560. The van der Waals surface area contributed by atoms with Gasteiger partial charge in [0.2, 0.25) is 20.0 Å². The second-order valence-electron chi connectivity index (χ2n) is 18.6. The van der Waals surface area contributed by atoms with Crippen molar-refractivity contribution in [3.63, 3.8) is 0 Å². The summed E-state index contributed by atoms with van der Waals surface area (Å²) >= 11 is 0. The van der Waals surface area contributed by atoms with Gasteiger partial charge in [-0.25, -0.2) is 45.0 Å². The zero-order chi connectivity index (χ0) is 62.0. The highest BCUT2D eigenvalue weighted by Gasteiger charge is 2.30. The van der Waals surface area contributed by atoms with Crippen LogP contribution in [0.3, 0.4) is 0 Å². The third-order valence-electron chi connectivity index (χ3n) is 13.2. The molecule has 4 aromatic heterocycles. The summed E-state index contributed by atoms with van der Waals surface area (Å²) < 4.78 is 116. The number of rotatable bonds is 14. The van der Waals surface area contributed by atoms with E-state index in [1.54, 1.807) is 18.2 Å². The van der Waals surface area contributed by atoms with Crippen molar-refractivity contribution in [2.45, 2.75) is 0 Å². The second-order valence-corrected chi connectivity index (χ2v) is 22.7. The number of H-pyrrole nitrogens is 2. The van der Waals surface area contributed by atoms with Crippen LogP contribution in [0.4, 0.5) is 28.9 Å². The van der Waals surface area contributed by atoms with Crippen molar-refractivity contribution in [1.82, 2.24) is 31.3 Å². The lowest BCUT2D eigenvalue weighted by molar-refractivity contribution is 0.0696. The first-order valence-corrected chi connectivity index (χ1v) is 28.5. The Morgan fingerprint density at radius 1 is 0.553 bits per heavy atom.